The van der Waals surface area contributed by atoms with Crippen LogP contribution >= 0.6 is 11.3 Å². The second kappa shape index (κ2) is 8.43. The highest BCUT2D eigenvalue weighted by atomic mass is 32.1. The minimum atomic E-state index is -0.532. The molecule has 0 radical (unpaired) electrons. The van der Waals surface area contributed by atoms with Crippen LogP contribution in [-0.2, 0) is 4.79 Å². The second-order valence-electron chi connectivity index (χ2n) is 7.68. The number of benzene rings is 1. The molecule has 1 heterocycles. The monoisotopic (exact) mass is 402 g/mol. The van der Waals surface area contributed by atoms with E-state index < -0.39 is 17.2 Å². The summed E-state index contributed by atoms with van der Waals surface area (Å²) in [6, 6.07) is 8.81. The van der Waals surface area contributed by atoms with Gasteiger partial charge in [0.25, 0.3) is 11.8 Å². The molecule has 8 heteroatoms. The van der Waals surface area contributed by atoms with Crippen LogP contribution in [-0.4, -0.2) is 31.8 Å². The van der Waals surface area contributed by atoms with E-state index in [4.69, 9.17) is 0 Å². The molecule has 0 aliphatic carbocycles. The topological polar surface area (TPSA) is 90.5 Å². The number of rotatable bonds is 4. The van der Waals surface area contributed by atoms with Crippen molar-refractivity contribution in [3.05, 3.63) is 46.3 Å². The lowest BCUT2D eigenvalue weighted by atomic mass is 9.96. The Balaban J connectivity index is 2.02. The number of hydrogen-bond acceptors (Lipinski definition) is 5. The third-order valence-corrected chi connectivity index (χ3v) is 5.11. The van der Waals surface area contributed by atoms with Gasteiger partial charge < -0.3 is 10.2 Å². The number of carbonyl (C=O) groups is 3. The maximum atomic E-state index is 12.4. The van der Waals surface area contributed by atoms with Crippen molar-refractivity contribution in [2.45, 2.75) is 27.7 Å². The molecule has 0 saturated heterocycles. The number of carbonyl (C=O) groups excluding carboxylic acids is 3. The molecule has 0 unspecified atom stereocenters. The van der Waals surface area contributed by atoms with Gasteiger partial charge >= 0.3 is 0 Å². The second-order valence-corrected chi connectivity index (χ2v) is 8.73. The molecule has 3 amide bonds. The molecule has 0 bridgehead atoms. The summed E-state index contributed by atoms with van der Waals surface area (Å²) < 4.78 is 0. The smallest absolute Gasteiger partial charge is 0.280 e. The Kier molecular flexibility index (Phi) is 6.45. The Labute approximate surface area is 169 Å². The lowest BCUT2D eigenvalue weighted by Crippen LogP contribution is -2.41. The van der Waals surface area contributed by atoms with Crippen LogP contribution in [0.15, 0.2) is 30.3 Å². The van der Waals surface area contributed by atoms with Gasteiger partial charge in [-0.1, -0.05) is 26.8 Å². The highest BCUT2D eigenvalue weighted by Crippen LogP contribution is 2.28. The van der Waals surface area contributed by atoms with Gasteiger partial charge in [-0.25, -0.2) is 0 Å². The Morgan fingerprint density at radius 1 is 1.00 bits per heavy atom. The summed E-state index contributed by atoms with van der Waals surface area (Å²) >= 11 is 1.16. The molecule has 0 fully saturated rings. The quantitative estimate of drug-likeness (QED) is 0.685. The summed E-state index contributed by atoms with van der Waals surface area (Å²) in [6.45, 7) is 7.23. The normalized spacial score (nSPS) is 10.9. The molecule has 1 aromatic carbocycles. The summed E-state index contributed by atoms with van der Waals surface area (Å²) in [5.74, 6) is -0.974. The van der Waals surface area contributed by atoms with E-state index in [2.05, 4.69) is 16.2 Å². The number of thiophene rings is 1. The van der Waals surface area contributed by atoms with Crippen LogP contribution in [0, 0.1) is 12.3 Å². The van der Waals surface area contributed by atoms with E-state index in [1.807, 2.05) is 45.8 Å². The number of nitrogens with zero attached hydrogens (tertiary/aromatic N) is 1. The first-order chi connectivity index (χ1) is 13.0. The predicted octanol–water partition coefficient (Wildman–Crippen LogP) is 3.18. The number of amides is 3. The molecule has 150 valence electrons. The lowest BCUT2D eigenvalue weighted by molar-refractivity contribution is -0.123. The number of nitrogens with one attached hydrogen (secondary N) is 3. The van der Waals surface area contributed by atoms with E-state index in [0.29, 0.717) is 15.4 Å². The van der Waals surface area contributed by atoms with Gasteiger partial charge in [0, 0.05) is 30.8 Å². The van der Waals surface area contributed by atoms with Gasteiger partial charge in [-0.05, 0) is 36.8 Å². The fourth-order valence-electron chi connectivity index (χ4n) is 2.24. The summed E-state index contributed by atoms with van der Waals surface area (Å²) in [7, 11) is 3.77. The van der Waals surface area contributed by atoms with Crippen molar-refractivity contribution in [2.24, 2.45) is 5.41 Å². The Morgan fingerprint density at radius 3 is 2.25 bits per heavy atom. The summed E-state index contributed by atoms with van der Waals surface area (Å²) in [4.78, 5) is 39.2. The average Bonchev–Trinajstić information content (AvgIpc) is 2.98. The van der Waals surface area contributed by atoms with Crippen LogP contribution in [0.3, 0.4) is 0 Å². The lowest BCUT2D eigenvalue weighted by Gasteiger charge is -2.16. The van der Waals surface area contributed by atoms with E-state index in [9.17, 15) is 14.4 Å². The van der Waals surface area contributed by atoms with Gasteiger partial charge in [-0.15, -0.1) is 11.3 Å². The van der Waals surface area contributed by atoms with Crippen molar-refractivity contribution < 1.29 is 14.4 Å². The Hall–Kier alpha value is -2.87. The number of hydrazine groups is 1. The average molecular weight is 403 g/mol. The maximum absolute atomic E-state index is 12.4. The third kappa shape index (κ3) is 5.32. The third-order valence-electron chi connectivity index (χ3n) is 3.96. The van der Waals surface area contributed by atoms with Crippen LogP contribution < -0.4 is 21.1 Å². The van der Waals surface area contributed by atoms with Crippen LogP contribution in [0.4, 0.5) is 10.7 Å². The molecule has 7 nitrogen and oxygen atoms in total. The highest BCUT2D eigenvalue weighted by Gasteiger charge is 2.23. The molecule has 28 heavy (non-hydrogen) atoms. The molecule has 0 atom stereocenters. The van der Waals surface area contributed by atoms with Crippen LogP contribution in [0.5, 0.6) is 0 Å². The summed E-state index contributed by atoms with van der Waals surface area (Å²) in [5, 5.41) is 3.40. The summed E-state index contributed by atoms with van der Waals surface area (Å²) in [5.41, 5.74) is 6.36. The Morgan fingerprint density at radius 2 is 1.64 bits per heavy atom. The van der Waals surface area contributed by atoms with E-state index in [0.717, 1.165) is 22.6 Å². The van der Waals surface area contributed by atoms with Crippen molar-refractivity contribution in [1.29, 1.82) is 0 Å². The van der Waals surface area contributed by atoms with Crippen LogP contribution in [0.2, 0.25) is 0 Å². The fourth-order valence-corrected chi connectivity index (χ4v) is 3.20. The zero-order valence-corrected chi connectivity index (χ0v) is 17.8. The SMILES string of the molecule is Cc1cc(NC(=O)C(C)(C)C)sc1C(=O)NNC(=O)c1cccc(N(C)C)c1. The first kappa shape index (κ1) is 21.4. The van der Waals surface area contributed by atoms with E-state index >= 15 is 0 Å². The van der Waals surface area contributed by atoms with Crippen molar-refractivity contribution in [2.75, 3.05) is 24.3 Å². The highest BCUT2D eigenvalue weighted by molar-refractivity contribution is 7.18. The molecular formula is C20H26N4O3S. The van der Waals surface area contributed by atoms with Gasteiger partial charge in [-0.3, -0.25) is 25.2 Å². The zero-order valence-electron chi connectivity index (χ0n) is 17.0. The molecule has 0 spiro atoms. The van der Waals surface area contributed by atoms with E-state index in [1.54, 1.807) is 31.2 Å². The molecule has 0 aliphatic rings. The van der Waals surface area contributed by atoms with Crippen molar-refractivity contribution >= 4 is 39.7 Å². The number of anilines is 2. The number of aryl methyl sites for hydroxylation is 1. The first-order valence-corrected chi connectivity index (χ1v) is 9.60. The molecule has 0 aliphatic heterocycles. The van der Waals surface area contributed by atoms with Gasteiger partial charge in [-0.2, -0.15) is 0 Å². The summed E-state index contributed by atoms with van der Waals surface area (Å²) in [6.07, 6.45) is 0. The number of hydrogen-bond donors (Lipinski definition) is 3. The van der Waals surface area contributed by atoms with Gasteiger partial charge in [0.2, 0.25) is 5.91 Å². The first-order valence-electron chi connectivity index (χ1n) is 8.79. The zero-order chi connectivity index (χ0) is 21.1. The van der Waals surface area contributed by atoms with E-state index in [-0.39, 0.29) is 5.91 Å². The van der Waals surface area contributed by atoms with Gasteiger partial charge in [0.05, 0.1) is 9.88 Å². The molecule has 0 saturated carbocycles. The van der Waals surface area contributed by atoms with Crippen molar-refractivity contribution in [1.82, 2.24) is 10.9 Å². The molecule has 3 N–H and O–H groups in total. The molecule has 2 rings (SSSR count). The van der Waals surface area contributed by atoms with E-state index in [1.165, 1.54) is 0 Å². The predicted molar refractivity (Wildman–Crippen MR) is 113 cm³/mol. The van der Waals surface area contributed by atoms with Crippen molar-refractivity contribution in [3.8, 4) is 0 Å². The van der Waals surface area contributed by atoms with Crippen LogP contribution in [0.1, 0.15) is 46.4 Å². The molecular weight excluding hydrogens is 376 g/mol. The minimum absolute atomic E-state index is 0.130. The largest absolute Gasteiger partial charge is 0.378 e. The Bertz CT molecular complexity index is 897. The fraction of sp³-hybridized carbons (Fsp3) is 0.350. The maximum Gasteiger partial charge on any atom is 0.280 e. The molecule has 2 aromatic rings. The van der Waals surface area contributed by atoms with Crippen LogP contribution in [0.25, 0.3) is 0 Å². The molecule has 1 aromatic heterocycles. The minimum Gasteiger partial charge on any atom is -0.378 e. The van der Waals surface area contributed by atoms with Crippen molar-refractivity contribution in [3.63, 3.8) is 0 Å². The van der Waals surface area contributed by atoms with Gasteiger partial charge in [0.1, 0.15) is 0 Å². The standard InChI is InChI=1S/C20H26N4O3S/c1-12-10-15(21-19(27)20(2,3)4)28-16(12)18(26)23-22-17(25)13-8-7-9-14(11-13)24(5)6/h7-11H,1-6H3,(H,21,27)(H,22,25)(H,23,26). The van der Waals surface area contributed by atoms with Gasteiger partial charge in [0.15, 0.2) is 0 Å².